The normalized spacial score (nSPS) is 21.9. The highest BCUT2D eigenvalue weighted by atomic mass is 16.2. The van der Waals surface area contributed by atoms with Crippen LogP contribution in [0.5, 0.6) is 0 Å². The quantitative estimate of drug-likeness (QED) is 0.450. The summed E-state index contributed by atoms with van der Waals surface area (Å²) in [5.41, 5.74) is 1.23. The van der Waals surface area contributed by atoms with Gasteiger partial charge in [0.25, 0.3) is 0 Å². The van der Waals surface area contributed by atoms with E-state index in [9.17, 15) is 19.2 Å². The number of imide groups is 2. The summed E-state index contributed by atoms with van der Waals surface area (Å²) >= 11 is 0. The van der Waals surface area contributed by atoms with Crippen LogP contribution in [0.2, 0.25) is 0 Å². The lowest BCUT2D eigenvalue weighted by Crippen LogP contribution is -2.44. The lowest BCUT2D eigenvalue weighted by atomic mass is 9.97. The smallest absolute Gasteiger partial charge is 0.334 e. The van der Waals surface area contributed by atoms with Crippen molar-refractivity contribution in [3.63, 3.8) is 0 Å². The van der Waals surface area contributed by atoms with E-state index >= 15 is 0 Å². The lowest BCUT2D eigenvalue weighted by molar-refractivity contribution is -0.144. The van der Waals surface area contributed by atoms with Crippen molar-refractivity contribution in [3.8, 4) is 0 Å². The molecule has 5 amide bonds. The highest BCUT2D eigenvalue weighted by Gasteiger charge is 2.45. The van der Waals surface area contributed by atoms with Gasteiger partial charge in [-0.15, -0.1) is 0 Å². The molecule has 0 spiro atoms. The minimum Gasteiger partial charge on any atom is -0.352 e. The number of rotatable bonds is 6. The van der Waals surface area contributed by atoms with Gasteiger partial charge in [0, 0.05) is 12.6 Å². The highest BCUT2D eigenvalue weighted by Crippen LogP contribution is 2.22. The molecule has 1 saturated carbocycles. The second-order valence-electron chi connectivity index (χ2n) is 7.04. The molecule has 136 valence electrons. The SMILES string of the molecule is O=C(CN1C(=O)C(=O)N(CCC2=CCCCC2)C1=O)NC1CCCC1. The molecule has 1 heterocycles. The summed E-state index contributed by atoms with van der Waals surface area (Å²) in [5.74, 6) is -2.10. The summed E-state index contributed by atoms with van der Waals surface area (Å²) in [6.45, 7) is -0.172. The third kappa shape index (κ3) is 4.08. The molecule has 3 aliphatic rings. The second kappa shape index (κ2) is 7.80. The maximum atomic E-state index is 12.4. The van der Waals surface area contributed by atoms with Gasteiger partial charge in [-0.3, -0.25) is 19.3 Å². The second-order valence-corrected chi connectivity index (χ2v) is 7.04. The topological polar surface area (TPSA) is 86.8 Å². The van der Waals surface area contributed by atoms with Gasteiger partial charge in [-0.05, 0) is 44.9 Å². The van der Waals surface area contributed by atoms with E-state index in [0.29, 0.717) is 6.42 Å². The number of nitrogens with zero attached hydrogens (tertiary/aromatic N) is 2. The van der Waals surface area contributed by atoms with E-state index in [1.807, 2.05) is 0 Å². The minimum absolute atomic E-state index is 0.116. The molecule has 1 saturated heterocycles. The number of nitrogens with one attached hydrogen (secondary N) is 1. The summed E-state index contributed by atoms with van der Waals surface area (Å²) < 4.78 is 0. The predicted molar refractivity (Wildman–Crippen MR) is 90.4 cm³/mol. The molecule has 0 atom stereocenters. The van der Waals surface area contributed by atoms with Crippen LogP contribution in [0, 0.1) is 0 Å². The Balaban J connectivity index is 1.55. The summed E-state index contributed by atoms with van der Waals surface area (Å²) in [5, 5.41) is 2.84. The van der Waals surface area contributed by atoms with Gasteiger partial charge in [0.1, 0.15) is 6.54 Å². The molecule has 1 aliphatic heterocycles. The molecule has 0 aromatic rings. The van der Waals surface area contributed by atoms with Gasteiger partial charge in [-0.2, -0.15) is 0 Å². The molecule has 2 aliphatic carbocycles. The lowest BCUT2D eigenvalue weighted by Gasteiger charge is -2.18. The highest BCUT2D eigenvalue weighted by molar-refractivity contribution is 6.45. The van der Waals surface area contributed by atoms with Gasteiger partial charge in [-0.1, -0.05) is 24.5 Å². The zero-order valence-electron chi connectivity index (χ0n) is 14.5. The van der Waals surface area contributed by atoms with Crippen LogP contribution in [0.15, 0.2) is 11.6 Å². The number of carbonyl (C=O) groups excluding carboxylic acids is 4. The molecule has 7 nitrogen and oxygen atoms in total. The predicted octanol–water partition coefficient (Wildman–Crippen LogP) is 1.73. The molecule has 0 radical (unpaired) electrons. The van der Waals surface area contributed by atoms with Crippen LogP contribution >= 0.6 is 0 Å². The molecule has 1 N–H and O–H groups in total. The number of hydrogen-bond donors (Lipinski definition) is 1. The van der Waals surface area contributed by atoms with Gasteiger partial charge in [-0.25, -0.2) is 9.69 Å². The first-order valence-corrected chi connectivity index (χ1v) is 9.21. The van der Waals surface area contributed by atoms with Crippen LogP contribution in [-0.2, 0) is 14.4 Å². The number of amides is 5. The summed E-state index contributed by atoms with van der Waals surface area (Å²) in [6.07, 6.45) is 11.1. The molecule has 0 bridgehead atoms. The van der Waals surface area contributed by atoms with Crippen molar-refractivity contribution in [2.75, 3.05) is 13.1 Å². The van der Waals surface area contributed by atoms with Gasteiger partial charge in [0.05, 0.1) is 0 Å². The minimum atomic E-state index is -0.899. The van der Waals surface area contributed by atoms with Gasteiger partial charge in [0.15, 0.2) is 0 Å². The van der Waals surface area contributed by atoms with Gasteiger partial charge in [0.2, 0.25) is 5.91 Å². The average Bonchev–Trinajstić information content (AvgIpc) is 3.18. The van der Waals surface area contributed by atoms with Crippen molar-refractivity contribution < 1.29 is 19.2 Å². The number of carbonyl (C=O) groups is 4. The summed E-state index contributed by atoms with van der Waals surface area (Å²) in [6, 6.07) is -0.557. The van der Waals surface area contributed by atoms with Crippen molar-refractivity contribution in [2.45, 2.75) is 63.8 Å². The van der Waals surface area contributed by atoms with Crippen molar-refractivity contribution in [1.82, 2.24) is 15.1 Å². The Hall–Kier alpha value is -2.18. The fraction of sp³-hybridized carbons (Fsp3) is 0.667. The Morgan fingerprint density at radius 1 is 1.04 bits per heavy atom. The van der Waals surface area contributed by atoms with Crippen LogP contribution in [0.1, 0.15) is 57.8 Å². The summed E-state index contributed by atoms with van der Waals surface area (Å²) in [7, 11) is 0. The van der Waals surface area contributed by atoms with Gasteiger partial charge < -0.3 is 5.32 Å². The third-order valence-electron chi connectivity index (χ3n) is 5.20. The fourth-order valence-electron chi connectivity index (χ4n) is 3.76. The van der Waals surface area contributed by atoms with Crippen molar-refractivity contribution in [1.29, 1.82) is 0 Å². The summed E-state index contributed by atoms with van der Waals surface area (Å²) in [4.78, 5) is 50.3. The van der Waals surface area contributed by atoms with Crippen LogP contribution in [0.25, 0.3) is 0 Å². The number of urea groups is 1. The molecular weight excluding hydrogens is 322 g/mol. The first-order valence-electron chi connectivity index (χ1n) is 9.21. The molecule has 2 fully saturated rings. The zero-order valence-corrected chi connectivity index (χ0v) is 14.5. The maximum absolute atomic E-state index is 12.4. The van der Waals surface area contributed by atoms with Crippen molar-refractivity contribution in [3.05, 3.63) is 11.6 Å². The molecule has 3 rings (SSSR count). The van der Waals surface area contributed by atoms with E-state index in [1.165, 1.54) is 12.0 Å². The molecule has 0 unspecified atom stereocenters. The van der Waals surface area contributed by atoms with E-state index in [1.54, 1.807) is 0 Å². The van der Waals surface area contributed by atoms with Crippen LogP contribution in [-0.4, -0.2) is 52.7 Å². The third-order valence-corrected chi connectivity index (χ3v) is 5.20. The Labute approximate surface area is 147 Å². The van der Waals surface area contributed by atoms with Crippen LogP contribution in [0.4, 0.5) is 4.79 Å². The molecule has 7 heteroatoms. The Bertz CT molecular complexity index is 607. The maximum Gasteiger partial charge on any atom is 0.334 e. The van der Waals surface area contributed by atoms with Crippen LogP contribution < -0.4 is 5.32 Å². The van der Waals surface area contributed by atoms with E-state index in [-0.39, 0.29) is 25.0 Å². The van der Waals surface area contributed by atoms with Crippen LogP contribution in [0.3, 0.4) is 0 Å². The van der Waals surface area contributed by atoms with E-state index in [2.05, 4.69) is 11.4 Å². The monoisotopic (exact) mass is 347 g/mol. The molecular formula is C18H25N3O4. The fourth-order valence-corrected chi connectivity index (χ4v) is 3.76. The number of allylic oxidation sites excluding steroid dienone is 1. The Kier molecular flexibility index (Phi) is 5.50. The van der Waals surface area contributed by atoms with E-state index in [4.69, 9.17) is 0 Å². The molecule has 25 heavy (non-hydrogen) atoms. The molecule has 0 aromatic carbocycles. The van der Waals surface area contributed by atoms with E-state index < -0.39 is 17.8 Å². The van der Waals surface area contributed by atoms with Crippen molar-refractivity contribution in [2.24, 2.45) is 0 Å². The van der Waals surface area contributed by atoms with Crippen molar-refractivity contribution >= 4 is 23.8 Å². The Morgan fingerprint density at radius 2 is 1.76 bits per heavy atom. The average molecular weight is 347 g/mol. The van der Waals surface area contributed by atoms with E-state index in [0.717, 1.165) is 54.7 Å². The number of hydrogen-bond acceptors (Lipinski definition) is 4. The van der Waals surface area contributed by atoms with Gasteiger partial charge >= 0.3 is 17.8 Å². The standard InChI is InChI=1S/C18H25N3O4/c22-15(19-14-8-4-5-9-14)12-21-17(24)16(23)20(18(21)25)11-10-13-6-2-1-3-7-13/h6,14H,1-5,7-12H2,(H,19,22). The zero-order chi connectivity index (χ0) is 17.8. The Morgan fingerprint density at radius 3 is 2.44 bits per heavy atom. The molecule has 0 aromatic heterocycles. The first-order chi connectivity index (χ1) is 12.1. The largest absolute Gasteiger partial charge is 0.352 e. The first kappa shape index (κ1) is 17.6.